The van der Waals surface area contributed by atoms with Gasteiger partial charge in [0.05, 0.1) is 18.2 Å². The summed E-state index contributed by atoms with van der Waals surface area (Å²) in [6, 6.07) is 2.65. The first-order valence-electron chi connectivity index (χ1n) is 4.43. The second-order valence-electron chi connectivity index (χ2n) is 3.13. The standard InChI is InChI=1S/C9H8BF3O4/c1-17-8(14)7-5(9(11,12)13)3-2-4-6(7)10(15)16/h2-4,15-16H,1H3. The number of esters is 1. The number of ether oxygens (including phenoxy) is 1. The van der Waals surface area contributed by atoms with Crippen LogP contribution in [0.5, 0.6) is 0 Å². The van der Waals surface area contributed by atoms with Crippen molar-refractivity contribution >= 4 is 18.6 Å². The van der Waals surface area contributed by atoms with Crippen LogP contribution in [0, 0.1) is 0 Å². The normalized spacial score (nSPS) is 11.2. The number of methoxy groups -OCH3 is 1. The summed E-state index contributed by atoms with van der Waals surface area (Å²) in [5, 5.41) is 17.8. The highest BCUT2D eigenvalue weighted by Crippen LogP contribution is 2.31. The van der Waals surface area contributed by atoms with E-state index in [1.165, 1.54) is 0 Å². The van der Waals surface area contributed by atoms with Crippen molar-refractivity contribution in [3.63, 3.8) is 0 Å². The van der Waals surface area contributed by atoms with Gasteiger partial charge in [0, 0.05) is 0 Å². The van der Waals surface area contributed by atoms with Crippen molar-refractivity contribution in [2.24, 2.45) is 0 Å². The number of carbonyl (C=O) groups excluding carboxylic acids is 1. The number of rotatable bonds is 2. The molecule has 0 aliphatic carbocycles. The van der Waals surface area contributed by atoms with Crippen molar-refractivity contribution in [3.05, 3.63) is 29.3 Å². The summed E-state index contributed by atoms with van der Waals surface area (Å²) in [5.41, 5.74) is -2.71. The van der Waals surface area contributed by atoms with Crippen molar-refractivity contribution < 1.29 is 32.8 Å². The van der Waals surface area contributed by atoms with Crippen molar-refractivity contribution in [1.29, 1.82) is 0 Å². The average molecular weight is 248 g/mol. The Morgan fingerprint density at radius 1 is 1.35 bits per heavy atom. The van der Waals surface area contributed by atoms with Crippen LogP contribution in [0.3, 0.4) is 0 Å². The molecule has 8 heteroatoms. The van der Waals surface area contributed by atoms with E-state index in [0.29, 0.717) is 6.07 Å². The van der Waals surface area contributed by atoms with Gasteiger partial charge in [-0.25, -0.2) is 4.79 Å². The molecule has 0 spiro atoms. The van der Waals surface area contributed by atoms with Crippen molar-refractivity contribution in [1.82, 2.24) is 0 Å². The van der Waals surface area contributed by atoms with Crippen LogP contribution in [0.15, 0.2) is 18.2 Å². The summed E-state index contributed by atoms with van der Waals surface area (Å²) in [5.74, 6) is -1.28. The van der Waals surface area contributed by atoms with Gasteiger partial charge in [-0.1, -0.05) is 12.1 Å². The molecular weight excluding hydrogens is 240 g/mol. The van der Waals surface area contributed by atoms with Gasteiger partial charge in [0.2, 0.25) is 0 Å². The molecule has 0 bridgehead atoms. The zero-order valence-electron chi connectivity index (χ0n) is 8.65. The van der Waals surface area contributed by atoms with Crippen molar-refractivity contribution in [3.8, 4) is 0 Å². The molecule has 0 atom stereocenters. The van der Waals surface area contributed by atoms with Gasteiger partial charge < -0.3 is 14.8 Å². The minimum absolute atomic E-state index is 0.549. The van der Waals surface area contributed by atoms with E-state index in [-0.39, 0.29) is 0 Å². The molecule has 0 heterocycles. The Bertz CT molecular complexity index is 431. The van der Waals surface area contributed by atoms with E-state index < -0.39 is 35.9 Å². The van der Waals surface area contributed by atoms with Crippen LogP contribution in [-0.4, -0.2) is 30.2 Å². The van der Waals surface area contributed by atoms with Crippen LogP contribution < -0.4 is 5.46 Å². The lowest BCUT2D eigenvalue weighted by Gasteiger charge is -2.14. The van der Waals surface area contributed by atoms with E-state index in [0.717, 1.165) is 19.2 Å². The van der Waals surface area contributed by atoms with Crippen LogP contribution in [0.4, 0.5) is 13.2 Å². The first-order chi connectivity index (χ1) is 7.79. The lowest BCUT2D eigenvalue weighted by atomic mass is 9.75. The third-order valence-corrected chi connectivity index (χ3v) is 2.07. The monoisotopic (exact) mass is 248 g/mol. The van der Waals surface area contributed by atoms with Crippen LogP contribution in [-0.2, 0) is 10.9 Å². The molecule has 17 heavy (non-hydrogen) atoms. The molecule has 0 saturated carbocycles. The maximum absolute atomic E-state index is 12.6. The fourth-order valence-electron chi connectivity index (χ4n) is 1.35. The van der Waals surface area contributed by atoms with Crippen LogP contribution in [0.1, 0.15) is 15.9 Å². The van der Waals surface area contributed by atoms with E-state index in [2.05, 4.69) is 4.74 Å². The molecule has 0 aliphatic heterocycles. The van der Waals surface area contributed by atoms with E-state index >= 15 is 0 Å². The zero-order chi connectivity index (χ0) is 13.2. The molecule has 2 N–H and O–H groups in total. The Hall–Kier alpha value is -1.54. The van der Waals surface area contributed by atoms with E-state index in [9.17, 15) is 18.0 Å². The maximum atomic E-state index is 12.6. The molecular formula is C9H8BF3O4. The number of benzene rings is 1. The van der Waals surface area contributed by atoms with Gasteiger partial charge in [0.15, 0.2) is 0 Å². The average Bonchev–Trinajstić information content (AvgIpc) is 2.25. The van der Waals surface area contributed by atoms with Crippen LogP contribution in [0.2, 0.25) is 0 Å². The summed E-state index contributed by atoms with van der Waals surface area (Å²) in [6.45, 7) is 0. The Morgan fingerprint density at radius 3 is 2.35 bits per heavy atom. The summed E-state index contributed by atoms with van der Waals surface area (Å²) in [4.78, 5) is 11.3. The second-order valence-corrected chi connectivity index (χ2v) is 3.13. The largest absolute Gasteiger partial charge is 0.489 e. The molecule has 1 rings (SSSR count). The smallest absolute Gasteiger partial charge is 0.465 e. The molecule has 0 fully saturated rings. The highest BCUT2D eigenvalue weighted by molar-refractivity contribution is 6.60. The van der Waals surface area contributed by atoms with Gasteiger partial charge in [0.1, 0.15) is 0 Å². The maximum Gasteiger partial charge on any atom is 0.489 e. The Labute approximate surface area is 94.8 Å². The van der Waals surface area contributed by atoms with Crippen LogP contribution in [0.25, 0.3) is 0 Å². The highest BCUT2D eigenvalue weighted by Gasteiger charge is 2.38. The fourth-order valence-corrected chi connectivity index (χ4v) is 1.35. The number of hydrogen-bond donors (Lipinski definition) is 2. The Balaban J connectivity index is 3.51. The first kappa shape index (κ1) is 13.5. The SMILES string of the molecule is COC(=O)c1c(B(O)O)cccc1C(F)(F)F. The molecule has 0 saturated heterocycles. The third kappa shape index (κ3) is 2.77. The number of hydrogen-bond acceptors (Lipinski definition) is 4. The quantitative estimate of drug-likeness (QED) is 0.578. The number of halogens is 3. The summed E-state index contributed by atoms with van der Waals surface area (Å²) >= 11 is 0. The predicted molar refractivity (Wildman–Crippen MR) is 52.6 cm³/mol. The predicted octanol–water partition coefficient (Wildman–Crippen LogP) is 0.172. The van der Waals surface area contributed by atoms with Gasteiger partial charge in [-0.3, -0.25) is 0 Å². The minimum atomic E-state index is -4.78. The van der Waals surface area contributed by atoms with E-state index in [1.54, 1.807) is 0 Å². The van der Waals surface area contributed by atoms with Gasteiger partial charge in [-0.05, 0) is 11.5 Å². The van der Waals surface area contributed by atoms with Crippen LogP contribution >= 0.6 is 0 Å². The Kier molecular flexibility index (Phi) is 3.79. The third-order valence-electron chi connectivity index (χ3n) is 2.07. The van der Waals surface area contributed by atoms with Gasteiger partial charge in [0.25, 0.3) is 0 Å². The summed E-state index contributed by atoms with van der Waals surface area (Å²) in [6.07, 6.45) is -4.78. The van der Waals surface area contributed by atoms with Gasteiger partial charge in [-0.2, -0.15) is 13.2 Å². The molecule has 0 amide bonds. The highest BCUT2D eigenvalue weighted by atomic mass is 19.4. The molecule has 92 valence electrons. The summed E-state index contributed by atoms with van der Waals surface area (Å²) < 4.78 is 42.1. The number of carbonyl (C=O) groups is 1. The van der Waals surface area contributed by atoms with Crippen molar-refractivity contribution in [2.45, 2.75) is 6.18 Å². The van der Waals surface area contributed by atoms with E-state index in [1.807, 2.05) is 0 Å². The number of alkyl halides is 3. The topological polar surface area (TPSA) is 66.8 Å². The molecule has 1 aromatic carbocycles. The molecule has 4 nitrogen and oxygen atoms in total. The van der Waals surface area contributed by atoms with E-state index in [4.69, 9.17) is 10.0 Å². The Morgan fingerprint density at radius 2 is 1.94 bits per heavy atom. The lowest BCUT2D eigenvalue weighted by Crippen LogP contribution is -2.37. The zero-order valence-corrected chi connectivity index (χ0v) is 8.65. The second kappa shape index (κ2) is 4.76. The van der Waals surface area contributed by atoms with Gasteiger partial charge in [-0.15, -0.1) is 0 Å². The first-order valence-corrected chi connectivity index (χ1v) is 4.43. The van der Waals surface area contributed by atoms with Crippen molar-refractivity contribution in [2.75, 3.05) is 7.11 Å². The summed E-state index contributed by atoms with van der Waals surface area (Å²) in [7, 11) is -1.28. The molecule has 0 aliphatic rings. The molecule has 0 radical (unpaired) electrons. The molecule has 0 aromatic heterocycles. The fraction of sp³-hybridized carbons (Fsp3) is 0.222. The van der Waals surface area contributed by atoms with Gasteiger partial charge >= 0.3 is 19.3 Å². The molecule has 0 unspecified atom stereocenters. The lowest BCUT2D eigenvalue weighted by molar-refractivity contribution is -0.138. The molecule has 1 aromatic rings. The minimum Gasteiger partial charge on any atom is -0.465 e.